The number of rotatable bonds is 4. The summed E-state index contributed by atoms with van der Waals surface area (Å²) in [5.74, 6) is -0.348. The van der Waals surface area contributed by atoms with Crippen LogP contribution in [0.4, 0.5) is 0 Å². The minimum Gasteiger partial charge on any atom is -0.481 e. The van der Waals surface area contributed by atoms with E-state index in [1.165, 1.54) is 11.8 Å². The minimum absolute atomic E-state index is 0.103. The quantitative estimate of drug-likeness (QED) is 0.831. The highest BCUT2D eigenvalue weighted by atomic mass is 35.5. The third kappa shape index (κ3) is 3.40. The lowest BCUT2D eigenvalue weighted by Crippen LogP contribution is -1.95. The third-order valence-corrected chi connectivity index (χ3v) is 3.47. The highest BCUT2D eigenvalue weighted by Crippen LogP contribution is 2.33. The van der Waals surface area contributed by atoms with Crippen molar-refractivity contribution < 1.29 is 9.90 Å². The normalized spacial score (nSPS) is 10.1. The zero-order chi connectivity index (χ0) is 10.6. The number of hydrogen-bond acceptors (Lipinski definition) is 2. The summed E-state index contributed by atoms with van der Waals surface area (Å²) in [7, 11) is 0. The summed E-state index contributed by atoms with van der Waals surface area (Å²) < 4.78 is 0. The van der Waals surface area contributed by atoms with Gasteiger partial charge in [-0.3, -0.25) is 4.79 Å². The van der Waals surface area contributed by atoms with E-state index < -0.39 is 5.97 Å². The minimum atomic E-state index is -0.819. The van der Waals surface area contributed by atoms with Crippen LogP contribution in [0.1, 0.15) is 6.42 Å². The van der Waals surface area contributed by atoms with Crippen LogP contribution in [0.5, 0.6) is 0 Å². The van der Waals surface area contributed by atoms with Crippen LogP contribution in [0.3, 0.4) is 0 Å². The first-order valence-corrected chi connectivity index (χ1v) is 5.64. The first kappa shape index (κ1) is 11.7. The zero-order valence-electron chi connectivity index (χ0n) is 7.17. The van der Waals surface area contributed by atoms with Crippen molar-refractivity contribution in [2.75, 3.05) is 5.75 Å². The van der Waals surface area contributed by atoms with Crippen LogP contribution >= 0.6 is 35.0 Å². The molecule has 0 atom stereocenters. The summed E-state index contributed by atoms with van der Waals surface area (Å²) in [5, 5.41) is 9.58. The number of carboxylic acids is 1. The van der Waals surface area contributed by atoms with Crippen molar-refractivity contribution in [2.45, 2.75) is 11.3 Å². The van der Waals surface area contributed by atoms with E-state index in [-0.39, 0.29) is 6.42 Å². The van der Waals surface area contributed by atoms with Crippen molar-refractivity contribution in [3.63, 3.8) is 0 Å². The largest absolute Gasteiger partial charge is 0.481 e. The van der Waals surface area contributed by atoms with Gasteiger partial charge in [0.05, 0.1) is 16.5 Å². The summed E-state index contributed by atoms with van der Waals surface area (Å²) in [4.78, 5) is 11.0. The van der Waals surface area contributed by atoms with Gasteiger partial charge in [-0.1, -0.05) is 29.3 Å². The van der Waals surface area contributed by atoms with Crippen LogP contribution in [0, 0.1) is 0 Å². The number of halogens is 2. The zero-order valence-corrected chi connectivity index (χ0v) is 9.49. The molecule has 0 saturated heterocycles. The van der Waals surface area contributed by atoms with Crippen molar-refractivity contribution in [3.05, 3.63) is 28.2 Å². The number of aliphatic carboxylic acids is 1. The fourth-order valence-corrected chi connectivity index (χ4v) is 2.48. The Kier molecular flexibility index (Phi) is 4.58. The molecule has 0 amide bonds. The van der Waals surface area contributed by atoms with Gasteiger partial charge in [0.15, 0.2) is 0 Å². The van der Waals surface area contributed by atoms with Crippen molar-refractivity contribution >= 4 is 40.9 Å². The molecule has 0 aliphatic carbocycles. The van der Waals surface area contributed by atoms with Crippen LogP contribution in [-0.2, 0) is 4.79 Å². The molecule has 0 radical (unpaired) electrons. The molecule has 0 spiro atoms. The maximum Gasteiger partial charge on any atom is 0.304 e. The Morgan fingerprint density at radius 2 is 1.93 bits per heavy atom. The molecule has 0 saturated carbocycles. The monoisotopic (exact) mass is 250 g/mol. The first-order valence-electron chi connectivity index (χ1n) is 3.90. The second-order valence-corrected chi connectivity index (χ2v) is 4.46. The highest BCUT2D eigenvalue weighted by Gasteiger charge is 2.06. The van der Waals surface area contributed by atoms with Gasteiger partial charge in [-0.25, -0.2) is 0 Å². The Morgan fingerprint density at radius 3 is 2.43 bits per heavy atom. The molecular weight excluding hydrogens is 243 g/mol. The number of hydrogen-bond donors (Lipinski definition) is 1. The molecule has 0 heterocycles. The van der Waals surface area contributed by atoms with E-state index in [1.54, 1.807) is 18.2 Å². The van der Waals surface area contributed by atoms with Gasteiger partial charge in [0.1, 0.15) is 0 Å². The van der Waals surface area contributed by atoms with Gasteiger partial charge >= 0.3 is 5.97 Å². The number of carboxylic acid groups (broad SMARTS) is 1. The summed E-state index contributed by atoms with van der Waals surface area (Å²) in [6.45, 7) is 0. The molecule has 5 heteroatoms. The van der Waals surface area contributed by atoms with E-state index >= 15 is 0 Å². The molecule has 0 unspecified atom stereocenters. The number of thioether (sulfide) groups is 1. The van der Waals surface area contributed by atoms with Gasteiger partial charge in [0.25, 0.3) is 0 Å². The first-order chi connectivity index (χ1) is 6.61. The van der Waals surface area contributed by atoms with E-state index in [0.29, 0.717) is 15.8 Å². The van der Waals surface area contributed by atoms with Crippen LogP contribution in [0.15, 0.2) is 23.1 Å². The third-order valence-electron chi connectivity index (χ3n) is 1.48. The van der Waals surface area contributed by atoms with Crippen molar-refractivity contribution in [2.24, 2.45) is 0 Å². The number of benzene rings is 1. The molecule has 1 rings (SSSR count). The Hall–Kier alpha value is -0.380. The molecule has 0 aromatic heterocycles. The van der Waals surface area contributed by atoms with Crippen molar-refractivity contribution in [1.29, 1.82) is 0 Å². The topological polar surface area (TPSA) is 37.3 Å². The van der Waals surface area contributed by atoms with Gasteiger partial charge in [-0.15, -0.1) is 11.8 Å². The molecule has 0 fully saturated rings. The Labute approximate surface area is 96.2 Å². The molecule has 2 nitrogen and oxygen atoms in total. The lowest BCUT2D eigenvalue weighted by Gasteiger charge is -2.04. The summed E-state index contributed by atoms with van der Waals surface area (Å²) in [5.41, 5.74) is 0. The Bertz CT molecular complexity index is 321. The summed E-state index contributed by atoms with van der Waals surface area (Å²) in [6.07, 6.45) is 0.103. The van der Waals surface area contributed by atoms with Crippen molar-refractivity contribution in [1.82, 2.24) is 0 Å². The molecule has 0 aliphatic heterocycles. The summed E-state index contributed by atoms with van der Waals surface area (Å²) in [6, 6.07) is 5.22. The molecule has 0 aliphatic rings. The smallest absolute Gasteiger partial charge is 0.304 e. The van der Waals surface area contributed by atoms with Crippen LogP contribution < -0.4 is 0 Å². The van der Waals surface area contributed by atoms with Gasteiger partial charge in [-0.05, 0) is 12.1 Å². The van der Waals surface area contributed by atoms with Crippen LogP contribution in [0.2, 0.25) is 10.0 Å². The lowest BCUT2D eigenvalue weighted by atomic mass is 10.4. The molecule has 1 N–H and O–H groups in total. The van der Waals surface area contributed by atoms with E-state index in [4.69, 9.17) is 28.3 Å². The van der Waals surface area contributed by atoms with Crippen LogP contribution in [-0.4, -0.2) is 16.8 Å². The van der Waals surface area contributed by atoms with Gasteiger partial charge in [0, 0.05) is 10.6 Å². The molecular formula is C9H8Cl2O2S. The Morgan fingerprint density at radius 1 is 1.36 bits per heavy atom. The maximum atomic E-state index is 10.3. The molecule has 14 heavy (non-hydrogen) atoms. The van der Waals surface area contributed by atoms with Gasteiger partial charge in [0.2, 0.25) is 0 Å². The van der Waals surface area contributed by atoms with E-state index in [0.717, 1.165) is 4.90 Å². The van der Waals surface area contributed by atoms with Gasteiger partial charge in [-0.2, -0.15) is 0 Å². The predicted molar refractivity (Wildman–Crippen MR) is 59.4 cm³/mol. The van der Waals surface area contributed by atoms with Gasteiger partial charge < -0.3 is 5.11 Å². The fourth-order valence-electron chi connectivity index (χ4n) is 0.861. The average Bonchev–Trinajstić information content (AvgIpc) is 2.09. The SMILES string of the molecule is O=C(O)CCSc1c(Cl)cccc1Cl. The Balaban J connectivity index is 2.62. The van der Waals surface area contributed by atoms with Crippen molar-refractivity contribution in [3.8, 4) is 0 Å². The fraction of sp³-hybridized carbons (Fsp3) is 0.222. The number of carbonyl (C=O) groups is 1. The molecule has 1 aromatic carbocycles. The lowest BCUT2D eigenvalue weighted by molar-refractivity contribution is -0.136. The van der Waals surface area contributed by atoms with E-state index in [1.807, 2.05) is 0 Å². The average molecular weight is 251 g/mol. The van der Waals surface area contributed by atoms with Crippen LogP contribution in [0.25, 0.3) is 0 Å². The second kappa shape index (κ2) is 5.49. The molecule has 1 aromatic rings. The molecule has 76 valence electrons. The summed E-state index contributed by atoms with van der Waals surface area (Å²) >= 11 is 13.1. The van der Waals surface area contributed by atoms with E-state index in [9.17, 15) is 4.79 Å². The molecule has 0 bridgehead atoms. The second-order valence-electron chi connectivity index (χ2n) is 2.54. The van der Waals surface area contributed by atoms with E-state index in [2.05, 4.69) is 0 Å². The standard InChI is InChI=1S/C9H8Cl2O2S/c10-6-2-1-3-7(11)9(6)14-5-4-8(12)13/h1-3H,4-5H2,(H,12,13). The highest BCUT2D eigenvalue weighted by molar-refractivity contribution is 7.99. The maximum absolute atomic E-state index is 10.3. The predicted octanol–water partition coefficient (Wildman–Crippen LogP) is 3.56.